The summed E-state index contributed by atoms with van der Waals surface area (Å²) in [6.07, 6.45) is -3.12. The number of aromatic nitrogens is 3. The number of hydrogen-bond acceptors (Lipinski definition) is 9. The van der Waals surface area contributed by atoms with E-state index in [9.17, 15) is 31.1 Å². The molecule has 0 radical (unpaired) electrons. The quantitative estimate of drug-likeness (QED) is 0.193. The molecular formula is C35H32ClF7N6O6. The fourth-order valence-electron chi connectivity index (χ4n) is 7.46. The second-order valence-electron chi connectivity index (χ2n) is 13.5. The zero-order valence-corrected chi connectivity index (χ0v) is 29.3. The first-order valence-corrected chi connectivity index (χ1v) is 17.3. The van der Waals surface area contributed by atoms with Gasteiger partial charge in [-0.2, -0.15) is 36.3 Å². The highest BCUT2D eigenvalue weighted by atomic mass is 35.5. The van der Waals surface area contributed by atoms with Gasteiger partial charge in [-0.25, -0.2) is 14.0 Å². The van der Waals surface area contributed by atoms with Crippen molar-refractivity contribution in [3.8, 4) is 17.3 Å². The Morgan fingerprint density at radius 2 is 1.58 bits per heavy atom. The van der Waals surface area contributed by atoms with Crippen LogP contribution < -0.4 is 15.0 Å². The van der Waals surface area contributed by atoms with Gasteiger partial charge in [0.1, 0.15) is 23.6 Å². The molecule has 4 saturated heterocycles. The number of hydrogen-bond donors (Lipinski definition) is 3. The number of carbonyl (C=O) groups is 3. The smallest absolute Gasteiger partial charge is 0.475 e. The van der Waals surface area contributed by atoms with E-state index in [-0.39, 0.29) is 28.7 Å². The van der Waals surface area contributed by atoms with Crippen LogP contribution in [0.25, 0.3) is 32.9 Å². The number of carbonyl (C=O) groups excluding carboxylic acids is 1. The maximum absolute atomic E-state index is 16.6. The summed E-state index contributed by atoms with van der Waals surface area (Å²) in [7, 11) is 0. The number of nitrogens with one attached hydrogen (secondary N) is 1. The zero-order chi connectivity index (χ0) is 39.9. The van der Waals surface area contributed by atoms with Gasteiger partial charge in [-0.3, -0.25) is 9.78 Å². The van der Waals surface area contributed by atoms with E-state index in [0.29, 0.717) is 46.9 Å². The number of pyridine rings is 1. The summed E-state index contributed by atoms with van der Waals surface area (Å²) in [5.74, 6) is -5.23. The number of anilines is 1. The zero-order valence-electron chi connectivity index (χ0n) is 28.6. The number of nitrogens with zero attached hydrogens (tertiary/aromatic N) is 5. The molecule has 2 aromatic carbocycles. The molecule has 12 nitrogen and oxygen atoms in total. The topological polar surface area (TPSA) is 158 Å². The molecule has 294 valence electrons. The maximum Gasteiger partial charge on any atom is 0.490 e. The maximum atomic E-state index is 16.6. The molecule has 0 aliphatic carbocycles. The van der Waals surface area contributed by atoms with Gasteiger partial charge in [-0.1, -0.05) is 41.9 Å². The summed E-state index contributed by atoms with van der Waals surface area (Å²) in [4.78, 5) is 48.5. The van der Waals surface area contributed by atoms with Crippen molar-refractivity contribution in [2.45, 2.75) is 68.5 Å². The van der Waals surface area contributed by atoms with E-state index < -0.39 is 30.1 Å². The van der Waals surface area contributed by atoms with E-state index in [2.05, 4.69) is 20.2 Å². The van der Waals surface area contributed by atoms with Crippen molar-refractivity contribution >= 4 is 56.9 Å². The number of rotatable bonds is 5. The van der Waals surface area contributed by atoms with E-state index >= 15 is 4.39 Å². The minimum atomic E-state index is -5.08. The van der Waals surface area contributed by atoms with Crippen molar-refractivity contribution in [1.29, 1.82) is 0 Å². The predicted octanol–water partition coefficient (Wildman–Crippen LogP) is 6.38. The second kappa shape index (κ2) is 15.2. The van der Waals surface area contributed by atoms with Gasteiger partial charge in [0.25, 0.3) is 0 Å². The highest BCUT2D eigenvalue weighted by Gasteiger charge is 2.49. The molecule has 20 heteroatoms. The highest BCUT2D eigenvalue weighted by Crippen LogP contribution is 2.41. The van der Waals surface area contributed by atoms with Crippen LogP contribution >= 0.6 is 11.6 Å². The number of benzene rings is 2. The van der Waals surface area contributed by atoms with Crippen molar-refractivity contribution in [2.75, 3.05) is 31.1 Å². The van der Waals surface area contributed by atoms with Crippen LogP contribution in [0.3, 0.4) is 0 Å². The average Bonchev–Trinajstić information content (AvgIpc) is 3.80. The van der Waals surface area contributed by atoms with Crippen LogP contribution in [0.2, 0.25) is 5.02 Å². The van der Waals surface area contributed by atoms with Crippen molar-refractivity contribution < 1.29 is 60.1 Å². The van der Waals surface area contributed by atoms with Gasteiger partial charge in [0, 0.05) is 60.3 Å². The average molecular weight is 801 g/mol. The highest BCUT2D eigenvalue weighted by molar-refractivity contribution is 6.36. The van der Waals surface area contributed by atoms with E-state index in [4.69, 9.17) is 41.1 Å². The number of amides is 1. The second-order valence-corrected chi connectivity index (χ2v) is 13.9. The fraction of sp³-hybridized carbons (Fsp3) is 0.429. The third-order valence-electron chi connectivity index (χ3n) is 9.93. The Labute approximate surface area is 312 Å². The molecular weight excluding hydrogens is 769 g/mol. The molecule has 55 heavy (non-hydrogen) atoms. The van der Waals surface area contributed by atoms with Gasteiger partial charge in [0.15, 0.2) is 5.82 Å². The molecule has 0 spiro atoms. The molecule has 1 unspecified atom stereocenters. The Hall–Kier alpha value is -5.04. The Bertz CT molecular complexity index is 2100. The first-order chi connectivity index (χ1) is 25.9. The number of piperazine rings is 1. The normalized spacial score (nSPS) is 21.9. The minimum absolute atomic E-state index is 0.131. The summed E-state index contributed by atoms with van der Waals surface area (Å²) < 4.78 is 86.3. The number of carboxylic acids is 2. The molecule has 2 bridgehead atoms. The number of aliphatic carboxylic acids is 2. The summed E-state index contributed by atoms with van der Waals surface area (Å²) in [6.45, 7) is 2.61. The van der Waals surface area contributed by atoms with E-state index in [0.717, 1.165) is 62.5 Å². The lowest BCUT2D eigenvalue weighted by molar-refractivity contribution is -0.193. The first-order valence-electron chi connectivity index (χ1n) is 17.0. The number of alkyl halides is 6. The Morgan fingerprint density at radius 1 is 0.964 bits per heavy atom. The lowest BCUT2D eigenvalue weighted by Gasteiger charge is -2.34. The minimum Gasteiger partial charge on any atom is -0.475 e. The van der Waals surface area contributed by atoms with Crippen molar-refractivity contribution in [1.82, 2.24) is 25.2 Å². The number of carboxylic acid groups (broad SMARTS) is 2. The molecule has 3 N–H and O–H groups in total. The number of ether oxygens (including phenoxy) is 1. The third-order valence-corrected chi connectivity index (χ3v) is 10.2. The van der Waals surface area contributed by atoms with Crippen molar-refractivity contribution in [2.24, 2.45) is 0 Å². The molecule has 2 aromatic heterocycles. The monoisotopic (exact) mass is 800 g/mol. The van der Waals surface area contributed by atoms with Gasteiger partial charge in [-0.05, 0) is 43.6 Å². The van der Waals surface area contributed by atoms with Gasteiger partial charge < -0.3 is 30.1 Å². The van der Waals surface area contributed by atoms with E-state index in [1.807, 2.05) is 35.2 Å². The SMILES string of the molecule is O=C(O)C(F)(F)F.O=C(O)C(F)(F)F.O=C1CCC2(COc3nc(N4C[C@H]5CC[C@@H](C4)N5)c4cnc(-c5cccc6cccc(Cl)c56)c(F)c4n3)CCCN12. The van der Waals surface area contributed by atoms with Crippen LogP contribution in [0.4, 0.5) is 36.6 Å². The van der Waals surface area contributed by atoms with Gasteiger partial charge >= 0.3 is 30.3 Å². The molecule has 6 heterocycles. The van der Waals surface area contributed by atoms with Gasteiger partial charge in [0.05, 0.1) is 10.9 Å². The molecule has 4 aliphatic heterocycles. The Morgan fingerprint density at radius 3 is 2.20 bits per heavy atom. The molecule has 4 aliphatic rings. The van der Waals surface area contributed by atoms with Crippen LogP contribution in [0.15, 0.2) is 42.6 Å². The number of halogens is 8. The Balaban J connectivity index is 0.000000315. The summed E-state index contributed by atoms with van der Waals surface area (Å²) >= 11 is 6.59. The van der Waals surface area contributed by atoms with Crippen LogP contribution in [-0.4, -0.2) is 104 Å². The van der Waals surface area contributed by atoms with E-state index in [1.54, 1.807) is 12.3 Å². The van der Waals surface area contributed by atoms with Crippen LogP contribution in [0, 0.1) is 5.82 Å². The van der Waals surface area contributed by atoms with Crippen LogP contribution in [0.5, 0.6) is 6.01 Å². The lowest BCUT2D eigenvalue weighted by Crippen LogP contribution is -2.51. The number of fused-ring (bicyclic) bond motifs is 5. The molecule has 8 rings (SSSR count). The lowest BCUT2D eigenvalue weighted by atomic mass is 9.95. The molecule has 4 fully saturated rings. The van der Waals surface area contributed by atoms with Crippen molar-refractivity contribution in [3.63, 3.8) is 0 Å². The van der Waals surface area contributed by atoms with Crippen LogP contribution in [0.1, 0.15) is 38.5 Å². The first kappa shape index (κ1) is 39.6. The molecule has 1 amide bonds. The van der Waals surface area contributed by atoms with E-state index in [1.165, 1.54) is 0 Å². The standard InChI is InChI=1S/C31H30ClFN6O2.2C2HF3O2/c32-23-7-2-5-18-4-1-6-21(25(18)23)27-26(33)28-22(14-34-27)29(38-15-19-8-9-20(16-38)35-19)37-30(36-28)41-17-31-11-3-13-39(31)24(40)10-12-31;2*3-2(4,5)1(6)7/h1-2,4-7,14,19-20,35H,3,8-13,15-17H2;2*(H,6,7)/t19-,20+,31?;;. The largest absolute Gasteiger partial charge is 0.490 e. The van der Waals surface area contributed by atoms with Gasteiger partial charge in [0.2, 0.25) is 5.91 Å². The molecule has 0 saturated carbocycles. The molecule has 4 aromatic rings. The summed E-state index contributed by atoms with van der Waals surface area (Å²) in [5, 5.41) is 20.7. The fourth-order valence-corrected chi connectivity index (χ4v) is 7.74. The predicted molar refractivity (Wildman–Crippen MR) is 183 cm³/mol. The summed E-state index contributed by atoms with van der Waals surface area (Å²) in [5.41, 5.74) is 0.647. The third kappa shape index (κ3) is 8.31. The Kier molecular flexibility index (Phi) is 11.0. The summed E-state index contributed by atoms with van der Waals surface area (Å²) in [6, 6.07) is 12.2. The van der Waals surface area contributed by atoms with Gasteiger partial charge in [-0.15, -0.1) is 0 Å². The van der Waals surface area contributed by atoms with Crippen molar-refractivity contribution in [3.05, 3.63) is 53.4 Å². The van der Waals surface area contributed by atoms with Crippen LogP contribution in [-0.2, 0) is 14.4 Å². The molecule has 3 atom stereocenters.